The lowest BCUT2D eigenvalue weighted by Gasteiger charge is -2.28. The van der Waals surface area contributed by atoms with Crippen LogP contribution in [0.1, 0.15) is 43.0 Å². The molecule has 0 fully saturated rings. The Balaban J connectivity index is 3.01. The summed E-state index contributed by atoms with van der Waals surface area (Å²) in [6.45, 7) is 13.6. The zero-order valence-electron chi connectivity index (χ0n) is 13.1. The maximum Gasteiger partial charge on any atom is 0.00696 e. The second-order valence-electron chi connectivity index (χ2n) is 6.07. The van der Waals surface area contributed by atoms with Gasteiger partial charge in [0.05, 0.1) is 0 Å². The van der Waals surface area contributed by atoms with Gasteiger partial charge in [-0.3, -0.25) is 0 Å². The van der Waals surface area contributed by atoms with Gasteiger partial charge in [0.1, 0.15) is 0 Å². The Morgan fingerprint density at radius 2 is 1.50 bits per heavy atom. The van der Waals surface area contributed by atoms with Crippen molar-refractivity contribution in [1.82, 2.24) is 5.32 Å². The Morgan fingerprint density at radius 3 is 1.89 bits per heavy atom. The molecule has 1 aromatic rings. The standard InChI is InChI=1S/C17H29N/c1-11(2)16(15(6)18-7)10-17-13(4)8-12(3)9-14(17)5/h8-9,11,15-16,18H,10H2,1-7H3. The van der Waals surface area contributed by atoms with Gasteiger partial charge in [-0.15, -0.1) is 0 Å². The lowest BCUT2D eigenvalue weighted by atomic mass is 9.81. The molecule has 1 aromatic carbocycles. The zero-order valence-corrected chi connectivity index (χ0v) is 13.1. The first-order valence-electron chi connectivity index (χ1n) is 7.10. The molecule has 0 aliphatic carbocycles. The minimum absolute atomic E-state index is 0.560. The Kier molecular flexibility index (Phi) is 5.40. The van der Waals surface area contributed by atoms with Gasteiger partial charge in [0, 0.05) is 6.04 Å². The highest BCUT2D eigenvalue weighted by molar-refractivity contribution is 5.37. The molecule has 0 aliphatic rings. The minimum atomic E-state index is 0.560. The van der Waals surface area contributed by atoms with E-state index in [1.807, 2.05) is 0 Å². The third kappa shape index (κ3) is 3.58. The summed E-state index contributed by atoms with van der Waals surface area (Å²) in [5.74, 6) is 1.39. The van der Waals surface area contributed by atoms with Gasteiger partial charge in [0.2, 0.25) is 0 Å². The third-order valence-corrected chi connectivity index (χ3v) is 4.23. The van der Waals surface area contributed by atoms with Gasteiger partial charge in [-0.25, -0.2) is 0 Å². The van der Waals surface area contributed by atoms with Crippen molar-refractivity contribution in [2.75, 3.05) is 7.05 Å². The Bertz CT molecular complexity index is 370. The van der Waals surface area contributed by atoms with E-state index >= 15 is 0 Å². The van der Waals surface area contributed by atoms with E-state index in [0.29, 0.717) is 17.9 Å². The van der Waals surface area contributed by atoms with Crippen molar-refractivity contribution in [2.24, 2.45) is 11.8 Å². The van der Waals surface area contributed by atoms with Crippen molar-refractivity contribution in [1.29, 1.82) is 0 Å². The smallest absolute Gasteiger partial charge is 0.00696 e. The predicted octanol–water partition coefficient (Wildman–Crippen LogP) is 4.03. The van der Waals surface area contributed by atoms with Crippen molar-refractivity contribution >= 4 is 0 Å². The van der Waals surface area contributed by atoms with Crippen LogP contribution in [-0.2, 0) is 6.42 Å². The fourth-order valence-electron chi connectivity index (χ4n) is 2.97. The summed E-state index contributed by atoms with van der Waals surface area (Å²) in [5, 5.41) is 3.42. The highest BCUT2D eigenvalue weighted by Crippen LogP contribution is 2.25. The molecule has 2 atom stereocenters. The molecule has 1 nitrogen and oxygen atoms in total. The fraction of sp³-hybridized carbons (Fsp3) is 0.647. The van der Waals surface area contributed by atoms with E-state index < -0.39 is 0 Å². The number of hydrogen-bond donors (Lipinski definition) is 1. The lowest BCUT2D eigenvalue weighted by Crippen LogP contribution is -2.35. The lowest BCUT2D eigenvalue weighted by molar-refractivity contribution is 0.299. The van der Waals surface area contributed by atoms with Crippen LogP contribution >= 0.6 is 0 Å². The second-order valence-corrected chi connectivity index (χ2v) is 6.07. The van der Waals surface area contributed by atoms with E-state index in [-0.39, 0.29) is 0 Å². The average molecular weight is 247 g/mol. The normalized spacial score (nSPS) is 14.9. The van der Waals surface area contributed by atoms with Crippen molar-refractivity contribution in [3.8, 4) is 0 Å². The Labute approximate surface area is 113 Å². The number of nitrogens with one attached hydrogen (secondary N) is 1. The van der Waals surface area contributed by atoms with Crippen LogP contribution in [0.3, 0.4) is 0 Å². The van der Waals surface area contributed by atoms with Gasteiger partial charge in [-0.1, -0.05) is 31.5 Å². The highest BCUT2D eigenvalue weighted by Gasteiger charge is 2.21. The summed E-state index contributed by atoms with van der Waals surface area (Å²) in [5.41, 5.74) is 5.81. The van der Waals surface area contributed by atoms with Crippen molar-refractivity contribution < 1.29 is 0 Å². The van der Waals surface area contributed by atoms with Gasteiger partial charge in [-0.2, -0.15) is 0 Å². The van der Waals surface area contributed by atoms with Crippen LogP contribution in [0.4, 0.5) is 0 Å². The quantitative estimate of drug-likeness (QED) is 0.828. The monoisotopic (exact) mass is 247 g/mol. The van der Waals surface area contributed by atoms with E-state index in [1.54, 1.807) is 5.56 Å². The van der Waals surface area contributed by atoms with E-state index in [4.69, 9.17) is 0 Å². The molecule has 0 bridgehead atoms. The number of hydrogen-bond acceptors (Lipinski definition) is 1. The van der Waals surface area contributed by atoms with E-state index in [9.17, 15) is 0 Å². The van der Waals surface area contributed by atoms with Crippen LogP contribution in [0.2, 0.25) is 0 Å². The number of benzene rings is 1. The van der Waals surface area contributed by atoms with Crippen LogP contribution < -0.4 is 5.32 Å². The largest absolute Gasteiger partial charge is 0.317 e. The van der Waals surface area contributed by atoms with Crippen LogP contribution in [0, 0.1) is 32.6 Å². The zero-order chi connectivity index (χ0) is 13.9. The van der Waals surface area contributed by atoms with Gasteiger partial charge in [0.15, 0.2) is 0 Å². The summed E-state index contributed by atoms with van der Waals surface area (Å²) < 4.78 is 0. The average Bonchev–Trinajstić information content (AvgIpc) is 2.26. The van der Waals surface area contributed by atoms with Crippen LogP contribution in [0.25, 0.3) is 0 Å². The molecule has 1 heteroatoms. The summed E-state index contributed by atoms with van der Waals surface area (Å²) >= 11 is 0. The summed E-state index contributed by atoms with van der Waals surface area (Å²) in [6.07, 6.45) is 1.18. The SMILES string of the molecule is CNC(C)C(Cc1c(C)cc(C)cc1C)C(C)C. The second kappa shape index (κ2) is 6.38. The first-order valence-corrected chi connectivity index (χ1v) is 7.10. The molecule has 18 heavy (non-hydrogen) atoms. The van der Waals surface area contributed by atoms with E-state index in [2.05, 4.69) is 66.0 Å². The fourth-order valence-corrected chi connectivity index (χ4v) is 2.97. The molecule has 1 N–H and O–H groups in total. The topological polar surface area (TPSA) is 12.0 Å². The molecule has 2 unspecified atom stereocenters. The van der Waals surface area contributed by atoms with Crippen molar-refractivity contribution in [3.63, 3.8) is 0 Å². The molecule has 0 saturated carbocycles. The van der Waals surface area contributed by atoms with Gasteiger partial charge in [-0.05, 0) is 69.7 Å². The first-order chi connectivity index (χ1) is 8.36. The van der Waals surface area contributed by atoms with E-state index in [0.717, 1.165) is 0 Å². The number of aryl methyl sites for hydroxylation is 3. The number of rotatable bonds is 5. The molecular formula is C17H29N. The molecular weight excluding hydrogens is 218 g/mol. The predicted molar refractivity (Wildman–Crippen MR) is 81.2 cm³/mol. The van der Waals surface area contributed by atoms with Gasteiger partial charge >= 0.3 is 0 Å². The van der Waals surface area contributed by atoms with Crippen LogP contribution in [-0.4, -0.2) is 13.1 Å². The van der Waals surface area contributed by atoms with Crippen molar-refractivity contribution in [2.45, 2.75) is 54.0 Å². The Hall–Kier alpha value is -0.820. The minimum Gasteiger partial charge on any atom is -0.317 e. The van der Waals surface area contributed by atoms with Gasteiger partial charge < -0.3 is 5.32 Å². The molecule has 0 spiro atoms. The first kappa shape index (κ1) is 15.2. The molecule has 0 radical (unpaired) electrons. The molecule has 0 aliphatic heterocycles. The molecule has 0 saturated heterocycles. The van der Waals surface area contributed by atoms with Gasteiger partial charge in [0.25, 0.3) is 0 Å². The molecule has 0 heterocycles. The summed E-state index contributed by atoms with van der Waals surface area (Å²) in [6, 6.07) is 5.18. The molecule has 0 amide bonds. The van der Waals surface area contributed by atoms with Crippen molar-refractivity contribution in [3.05, 3.63) is 34.4 Å². The maximum atomic E-state index is 3.42. The van der Waals surface area contributed by atoms with Crippen LogP contribution in [0.15, 0.2) is 12.1 Å². The summed E-state index contributed by atoms with van der Waals surface area (Å²) in [7, 11) is 2.06. The summed E-state index contributed by atoms with van der Waals surface area (Å²) in [4.78, 5) is 0. The third-order valence-electron chi connectivity index (χ3n) is 4.23. The highest BCUT2D eigenvalue weighted by atomic mass is 14.9. The molecule has 0 aromatic heterocycles. The molecule has 1 rings (SSSR count). The maximum absolute atomic E-state index is 3.42. The van der Waals surface area contributed by atoms with Crippen LogP contribution in [0.5, 0.6) is 0 Å². The molecule has 102 valence electrons. The van der Waals surface area contributed by atoms with E-state index in [1.165, 1.54) is 23.1 Å². The Morgan fingerprint density at radius 1 is 1.00 bits per heavy atom.